The van der Waals surface area contributed by atoms with Gasteiger partial charge in [0.1, 0.15) is 0 Å². The smallest absolute Gasteiger partial charge is 0.317 e. The number of rotatable bonds is 3. The summed E-state index contributed by atoms with van der Waals surface area (Å²) in [6, 6.07) is 0.284. The molecule has 0 aromatic rings. The number of likely N-dealkylation sites (tertiary alicyclic amines) is 1. The molecule has 3 unspecified atom stereocenters. The zero-order chi connectivity index (χ0) is 13.3. The maximum absolute atomic E-state index is 11.9. The maximum atomic E-state index is 11.9. The van der Waals surface area contributed by atoms with Gasteiger partial charge < -0.3 is 15.3 Å². The molecule has 5 heteroatoms. The monoisotopic (exact) mass is 254 g/mol. The van der Waals surface area contributed by atoms with Crippen molar-refractivity contribution in [1.82, 2.24) is 10.2 Å². The Balaban J connectivity index is 1.71. The van der Waals surface area contributed by atoms with E-state index in [1.165, 1.54) is 6.42 Å². The van der Waals surface area contributed by atoms with E-state index < -0.39 is 5.97 Å². The van der Waals surface area contributed by atoms with Crippen LogP contribution in [0.15, 0.2) is 0 Å². The lowest BCUT2D eigenvalue weighted by molar-refractivity contribution is -0.144. The average molecular weight is 254 g/mol. The summed E-state index contributed by atoms with van der Waals surface area (Å²) >= 11 is 0. The molecular weight excluding hydrogens is 232 g/mol. The predicted molar refractivity (Wildman–Crippen MR) is 67.2 cm³/mol. The van der Waals surface area contributed by atoms with Gasteiger partial charge in [0.15, 0.2) is 0 Å². The Bertz CT molecular complexity index is 339. The van der Waals surface area contributed by atoms with Gasteiger partial charge in [0.2, 0.25) is 0 Å². The molecule has 0 bridgehead atoms. The highest BCUT2D eigenvalue weighted by atomic mass is 16.4. The van der Waals surface area contributed by atoms with E-state index in [0.29, 0.717) is 25.0 Å². The third kappa shape index (κ3) is 2.76. The largest absolute Gasteiger partial charge is 0.481 e. The Morgan fingerprint density at radius 1 is 1.33 bits per heavy atom. The Hall–Kier alpha value is -1.26. The van der Waals surface area contributed by atoms with Crippen LogP contribution in [0.3, 0.4) is 0 Å². The van der Waals surface area contributed by atoms with E-state index in [2.05, 4.69) is 12.2 Å². The van der Waals surface area contributed by atoms with Crippen LogP contribution in [0.25, 0.3) is 0 Å². The van der Waals surface area contributed by atoms with Crippen LogP contribution in [-0.4, -0.2) is 41.1 Å². The number of nitrogens with one attached hydrogen (secondary N) is 1. The summed E-state index contributed by atoms with van der Waals surface area (Å²) in [7, 11) is 0. The molecule has 1 saturated carbocycles. The molecule has 18 heavy (non-hydrogen) atoms. The van der Waals surface area contributed by atoms with Crippen molar-refractivity contribution in [2.45, 2.75) is 39.2 Å². The predicted octanol–water partition coefficient (Wildman–Crippen LogP) is 1.54. The number of hydrogen-bond acceptors (Lipinski definition) is 2. The third-order valence-corrected chi connectivity index (χ3v) is 4.32. The summed E-state index contributed by atoms with van der Waals surface area (Å²) in [6.07, 6.45) is 3.31. The van der Waals surface area contributed by atoms with E-state index in [4.69, 9.17) is 5.11 Å². The number of urea groups is 1. The second kappa shape index (κ2) is 5.16. The number of carboxylic acids is 1. The van der Waals surface area contributed by atoms with Gasteiger partial charge in [0.25, 0.3) is 0 Å². The minimum atomic E-state index is -0.773. The first kappa shape index (κ1) is 13.2. The number of carboxylic acid groups (broad SMARTS) is 1. The first-order chi connectivity index (χ1) is 8.47. The summed E-state index contributed by atoms with van der Waals surface area (Å²) in [5.74, 6) is -0.326. The molecule has 5 nitrogen and oxygen atoms in total. The van der Waals surface area contributed by atoms with Gasteiger partial charge >= 0.3 is 12.0 Å². The molecule has 2 fully saturated rings. The van der Waals surface area contributed by atoms with Crippen LogP contribution >= 0.6 is 0 Å². The van der Waals surface area contributed by atoms with Crippen molar-refractivity contribution in [3.05, 3.63) is 0 Å². The zero-order valence-electron chi connectivity index (χ0n) is 11.1. The van der Waals surface area contributed by atoms with Crippen molar-refractivity contribution in [2.24, 2.45) is 17.8 Å². The maximum Gasteiger partial charge on any atom is 0.317 e. The molecule has 2 amide bonds. The number of aliphatic carboxylic acids is 1. The van der Waals surface area contributed by atoms with E-state index in [0.717, 1.165) is 12.8 Å². The standard InChI is InChI=1S/C13H22N2O3/c1-8-3-4-11(5-8)14-13(18)15-6-10(7-15)9(2)12(16)17/h8-11H,3-7H2,1-2H3,(H,14,18)(H,16,17). The Morgan fingerprint density at radius 2 is 2.00 bits per heavy atom. The van der Waals surface area contributed by atoms with Crippen LogP contribution in [0, 0.1) is 17.8 Å². The van der Waals surface area contributed by atoms with E-state index in [-0.39, 0.29) is 17.9 Å². The second-order valence-corrected chi connectivity index (χ2v) is 5.86. The molecule has 1 saturated heterocycles. The average Bonchev–Trinajstić information content (AvgIpc) is 2.61. The minimum absolute atomic E-state index is 0.0251. The lowest BCUT2D eigenvalue weighted by atomic mass is 9.87. The number of carbonyl (C=O) groups is 2. The third-order valence-electron chi connectivity index (χ3n) is 4.32. The van der Waals surface area contributed by atoms with Crippen LogP contribution in [0.4, 0.5) is 4.79 Å². The second-order valence-electron chi connectivity index (χ2n) is 5.86. The van der Waals surface area contributed by atoms with Crippen LogP contribution < -0.4 is 5.32 Å². The van der Waals surface area contributed by atoms with Gasteiger partial charge in [-0.25, -0.2) is 4.79 Å². The topological polar surface area (TPSA) is 69.6 Å². The van der Waals surface area contributed by atoms with Crippen molar-refractivity contribution < 1.29 is 14.7 Å². The molecular formula is C13H22N2O3. The highest BCUT2D eigenvalue weighted by Crippen LogP contribution is 2.27. The summed E-state index contributed by atoms with van der Waals surface area (Å²) in [4.78, 5) is 24.4. The van der Waals surface area contributed by atoms with Crippen molar-refractivity contribution in [1.29, 1.82) is 0 Å². The lowest BCUT2D eigenvalue weighted by Crippen LogP contribution is -2.57. The van der Waals surface area contributed by atoms with Gasteiger partial charge in [0.05, 0.1) is 5.92 Å². The molecule has 0 aromatic heterocycles. The Kier molecular flexibility index (Phi) is 3.78. The molecule has 3 atom stereocenters. The summed E-state index contributed by atoms with van der Waals surface area (Å²) in [6.45, 7) is 5.06. The van der Waals surface area contributed by atoms with E-state index >= 15 is 0 Å². The lowest BCUT2D eigenvalue weighted by Gasteiger charge is -2.41. The molecule has 2 aliphatic rings. The van der Waals surface area contributed by atoms with Gasteiger partial charge in [0, 0.05) is 25.0 Å². The molecule has 2 rings (SSSR count). The summed E-state index contributed by atoms with van der Waals surface area (Å²) in [5.41, 5.74) is 0. The van der Waals surface area contributed by atoms with Crippen molar-refractivity contribution in [3.8, 4) is 0 Å². The van der Waals surface area contributed by atoms with Crippen molar-refractivity contribution in [2.75, 3.05) is 13.1 Å². The van der Waals surface area contributed by atoms with Crippen LogP contribution in [0.1, 0.15) is 33.1 Å². The number of hydrogen-bond donors (Lipinski definition) is 2. The summed E-state index contributed by atoms with van der Waals surface area (Å²) in [5, 5.41) is 11.9. The van der Waals surface area contributed by atoms with Crippen LogP contribution in [-0.2, 0) is 4.79 Å². The first-order valence-electron chi connectivity index (χ1n) is 6.75. The van der Waals surface area contributed by atoms with Gasteiger partial charge in [-0.3, -0.25) is 4.79 Å². The normalized spacial score (nSPS) is 29.8. The molecule has 0 radical (unpaired) electrons. The van der Waals surface area contributed by atoms with E-state index in [1.54, 1.807) is 11.8 Å². The van der Waals surface area contributed by atoms with Crippen LogP contribution in [0.2, 0.25) is 0 Å². The molecule has 1 heterocycles. The Morgan fingerprint density at radius 3 is 2.50 bits per heavy atom. The van der Waals surface area contributed by atoms with Crippen molar-refractivity contribution in [3.63, 3.8) is 0 Å². The fourth-order valence-electron chi connectivity index (χ4n) is 2.80. The number of amides is 2. The molecule has 102 valence electrons. The van der Waals surface area contributed by atoms with Crippen LogP contribution in [0.5, 0.6) is 0 Å². The molecule has 2 N–H and O–H groups in total. The van der Waals surface area contributed by atoms with Gasteiger partial charge in [-0.05, 0) is 25.2 Å². The molecule has 0 aromatic carbocycles. The van der Waals surface area contributed by atoms with Crippen molar-refractivity contribution >= 4 is 12.0 Å². The Labute approximate surface area is 108 Å². The minimum Gasteiger partial charge on any atom is -0.481 e. The van der Waals surface area contributed by atoms with Gasteiger partial charge in [-0.1, -0.05) is 13.8 Å². The van der Waals surface area contributed by atoms with E-state index in [9.17, 15) is 9.59 Å². The zero-order valence-corrected chi connectivity index (χ0v) is 11.1. The quantitative estimate of drug-likeness (QED) is 0.802. The number of carbonyl (C=O) groups excluding carboxylic acids is 1. The highest BCUT2D eigenvalue weighted by molar-refractivity contribution is 5.76. The summed E-state index contributed by atoms with van der Waals surface area (Å²) < 4.78 is 0. The van der Waals surface area contributed by atoms with E-state index in [1.807, 2.05) is 0 Å². The fraction of sp³-hybridized carbons (Fsp3) is 0.846. The molecule has 1 aliphatic carbocycles. The molecule has 1 aliphatic heterocycles. The SMILES string of the molecule is CC1CCC(NC(=O)N2CC(C(C)C(=O)O)C2)C1. The molecule has 0 spiro atoms. The number of nitrogens with zero attached hydrogens (tertiary/aromatic N) is 1. The highest BCUT2D eigenvalue weighted by Gasteiger charge is 2.38. The van der Waals surface area contributed by atoms with Gasteiger partial charge in [-0.15, -0.1) is 0 Å². The first-order valence-corrected chi connectivity index (χ1v) is 6.75. The fourth-order valence-corrected chi connectivity index (χ4v) is 2.80. The van der Waals surface area contributed by atoms with Gasteiger partial charge in [-0.2, -0.15) is 0 Å².